The van der Waals surface area contributed by atoms with Gasteiger partial charge in [-0.05, 0) is 30.3 Å². The van der Waals surface area contributed by atoms with E-state index in [1.165, 1.54) is 6.92 Å². The number of amides is 1. The van der Waals surface area contributed by atoms with Gasteiger partial charge in [0.15, 0.2) is 0 Å². The molecule has 0 aromatic heterocycles. The Kier molecular flexibility index (Phi) is 4.53. The molecule has 1 N–H and O–H groups in total. The zero-order valence-electron chi connectivity index (χ0n) is 10.7. The fraction of sp³-hybridized carbons (Fsp3) is 0.0667. The highest BCUT2D eigenvalue weighted by Gasteiger charge is 2.07. The lowest BCUT2D eigenvalue weighted by Gasteiger charge is -2.07. The predicted molar refractivity (Wildman–Crippen MR) is 79.8 cm³/mol. The van der Waals surface area contributed by atoms with Crippen molar-refractivity contribution in [2.45, 2.75) is 6.92 Å². The van der Waals surface area contributed by atoms with Crippen molar-refractivity contribution >= 4 is 33.5 Å². The molecule has 0 fully saturated rings. The highest BCUT2D eigenvalue weighted by Crippen LogP contribution is 2.19. The Morgan fingerprint density at radius 2 is 1.85 bits per heavy atom. The van der Waals surface area contributed by atoms with Gasteiger partial charge in [-0.2, -0.15) is 0 Å². The van der Waals surface area contributed by atoms with Crippen molar-refractivity contribution in [3.05, 3.63) is 58.6 Å². The summed E-state index contributed by atoms with van der Waals surface area (Å²) in [5, 5.41) is 2.75. The standard InChI is InChI=1S/C15H12BrNO3/c1-10(18)20-14-7-3-6-13(9-14)17-15(19)11-4-2-5-12(16)8-11/h2-9H,1H3,(H,17,19). The summed E-state index contributed by atoms with van der Waals surface area (Å²) in [6.45, 7) is 1.33. The molecule has 0 radical (unpaired) electrons. The van der Waals surface area contributed by atoms with Crippen LogP contribution in [0.2, 0.25) is 0 Å². The van der Waals surface area contributed by atoms with E-state index in [9.17, 15) is 9.59 Å². The lowest BCUT2D eigenvalue weighted by Crippen LogP contribution is -2.12. The number of rotatable bonds is 3. The minimum Gasteiger partial charge on any atom is -0.427 e. The summed E-state index contributed by atoms with van der Waals surface area (Å²) in [5.74, 6) is -0.240. The molecule has 20 heavy (non-hydrogen) atoms. The summed E-state index contributed by atoms with van der Waals surface area (Å²) >= 11 is 3.32. The summed E-state index contributed by atoms with van der Waals surface area (Å²) < 4.78 is 5.80. The fourth-order valence-electron chi connectivity index (χ4n) is 1.64. The average molecular weight is 334 g/mol. The molecule has 0 unspecified atom stereocenters. The summed E-state index contributed by atoms with van der Waals surface area (Å²) in [6, 6.07) is 13.7. The van der Waals surface area contributed by atoms with Crippen LogP contribution in [-0.4, -0.2) is 11.9 Å². The van der Waals surface area contributed by atoms with E-state index in [4.69, 9.17) is 4.74 Å². The quantitative estimate of drug-likeness (QED) is 0.689. The number of esters is 1. The molecule has 0 aliphatic carbocycles. The van der Waals surface area contributed by atoms with E-state index in [2.05, 4.69) is 21.2 Å². The topological polar surface area (TPSA) is 55.4 Å². The maximum absolute atomic E-state index is 12.1. The first kappa shape index (κ1) is 14.3. The van der Waals surface area contributed by atoms with E-state index >= 15 is 0 Å². The van der Waals surface area contributed by atoms with E-state index in [0.29, 0.717) is 17.0 Å². The number of carbonyl (C=O) groups excluding carboxylic acids is 2. The van der Waals surface area contributed by atoms with Gasteiger partial charge >= 0.3 is 5.97 Å². The van der Waals surface area contributed by atoms with Crippen LogP contribution in [0.5, 0.6) is 5.75 Å². The van der Waals surface area contributed by atoms with Gasteiger partial charge in [0, 0.05) is 28.7 Å². The molecule has 2 aromatic rings. The lowest BCUT2D eigenvalue weighted by atomic mass is 10.2. The Balaban J connectivity index is 2.13. The van der Waals surface area contributed by atoms with Gasteiger partial charge in [-0.3, -0.25) is 9.59 Å². The van der Waals surface area contributed by atoms with Gasteiger partial charge in [-0.25, -0.2) is 0 Å². The number of hydrogen-bond acceptors (Lipinski definition) is 3. The molecule has 0 saturated heterocycles. The van der Waals surface area contributed by atoms with Gasteiger partial charge in [0.1, 0.15) is 5.75 Å². The molecule has 0 atom stereocenters. The number of hydrogen-bond donors (Lipinski definition) is 1. The lowest BCUT2D eigenvalue weighted by molar-refractivity contribution is -0.131. The SMILES string of the molecule is CC(=O)Oc1cccc(NC(=O)c2cccc(Br)c2)c1. The van der Waals surface area contributed by atoms with Crippen LogP contribution in [0.3, 0.4) is 0 Å². The van der Waals surface area contributed by atoms with Crippen LogP contribution in [0.25, 0.3) is 0 Å². The molecule has 102 valence electrons. The van der Waals surface area contributed by atoms with Crippen LogP contribution in [0.15, 0.2) is 53.0 Å². The van der Waals surface area contributed by atoms with Gasteiger partial charge in [0.2, 0.25) is 0 Å². The van der Waals surface area contributed by atoms with Gasteiger partial charge in [0.05, 0.1) is 0 Å². The molecule has 0 aliphatic rings. The second kappa shape index (κ2) is 6.34. The third kappa shape index (κ3) is 3.93. The zero-order valence-corrected chi connectivity index (χ0v) is 12.3. The number of halogens is 1. The van der Waals surface area contributed by atoms with Gasteiger partial charge in [-0.15, -0.1) is 0 Å². The maximum Gasteiger partial charge on any atom is 0.308 e. The average Bonchev–Trinajstić information content (AvgIpc) is 2.38. The smallest absolute Gasteiger partial charge is 0.308 e. The largest absolute Gasteiger partial charge is 0.427 e. The Morgan fingerprint density at radius 3 is 2.55 bits per heavy atom. The first-order chi connectivity index (χ1) is 9.54. The van der Waals surface area contributed by atoms with Crippen LogP contribution in [0.4, 0.5) is 5.69 Å². The van der Waals surface area contributed by atoms with E-state index in [0.717, 1.165) is 4.47 Å². The monoisotopic (exact) mass is 333 g/mol. The molecule has 2 rings (SSSR count). The van der Waals surface area contributed by atoms with Crippen molar-refractivity contribution in [2.75, 3.05) is 5.32 Å². The van der Waals surface area contributed by atoms with E-state index in [1.807, 2.05) is 6.07 Å². The molecule has 0 heterocycles. The van der Waals surface area contributed by atoms with Crippen molar-refractivity contribution < 1.29 is 14.3 Å². The van der Waals surface area contributed by atoms with Crippen molar-refractivity contribution in [2.24, 2.45) is 0 Å². The Labute approximate surface area is 124 Å². The molecular weight excluding hydrogens is 322 g/mol. The number of ether oxygens (including phenoxy) is 1. The third-order valence-electron chi connectivity index (χ3n) is 2.44. The van der Waals surface area contributed by atoms with Crippen LogP contribution in [0, 0.1) is 0 Å². The Hall–Kier alpha value is -2.14. The fourth-order valence-corrected chi connectivity index (χ4v) is 2.04. The second-order valence-corrected chi connectivity index (χ2v) is 5.00. The van der Waals surface area contributed by atoms with E-state index in [-0.39, 0.29) is 5.91 Å². The molecule has 4 nitrogen and oxygen atoms in total. The van der Waals surface area contributed by atoms with Gasteiger partial charge in [-0.1, -0.05) is 28.1 Å². The van der Waals surface area contributed by atoms with Crippen molar-refractivity contribution in [3.63, 3.8) is 0 Å². The summed E-state index contributed by atoms with van der Waals surface area (Å²) in [7, 11) is 0. The van der Waals surface area contributed by atoms with Crippen LogP contribution in [-0.2, 0) is 4.79 Å². The zero-order chi connectivity index (χ0) is 14.5. The first-order valence-electron chi connectivity index (χ1n) is 5.90. The maximum atomic E-state index is 12.1. The molecule has 0 aliphatic heterocycles. The minimum atomic E-state index is -0.402. The normalized spacial score (nSPS) is 9.90. The van der Waals surface area contributed by atoms with Crippen LogP contribution in [0.1, 0.15) is 17.3 Å². The highest BCUT2D eigenvalue weighted by molar-refractivity contribution is 9.10. The molecule has 0 bridgehead atoms. The number of benzene rings is 2. The van der Waals surface area contributed by atoms with Gasteiger partial charge in [0.25, 0.3) is 5.91 Å². The van der Waals surface area contributed by atoms with Crippen LogP contribution >= 0.6 is 15.9 Å². The second-order valence-electron chi connectivity index (χ2n) is 4.09. The Bertz CT molecular complexity index is 655. The van der Waals surface area contributed by atoms with E-state index < -0.39 is 5.97 Å². The summed E-state index contributed by atoms with van der Waals surface area (Å²) in [5.41, 5.74) is 1.10. The highest BCUT2D eigenvalue weighted by atomic mass is 79.9. The summed E-state index contributed by atoms with van der Waals surface area (Å²) in [4.78, 5) is 23.0. The Morgan fingerprint density at radius 1 is 1.10 bits per heavy atom. The van der Waals surface area contributed by atoms with Crippen molar-refractivity contribution in [1.82, 2.24) is 0 Å². The molecule has 1 amide bonds. The first-order valence-corrected chi connectivity index (χ1v) is 6.69. The third-order valence-corrected chi connectivity index (χ3v) is 2.93. The molecule has 0 saturated carbocycles. The minimum absolute atomic E-state index is 0.230. The molecular formula is C15H12BrNO3. The van der Waals surface area contributed by atoms with Crippen molar-refractivity contribution in [1.29, 1.82) is 0 Å². The number of carbonyl (C=O) groups is 2. The van der Waals surface area contributed by atoms with Crippen LogP contribution < -0.4 is 10.1 Å². The number of nitrogens with one attached hydrogen (secondary N) is 1. The molecule has 5 heteroatoms. The number of anilines is 1. The van der Waals surface area contributed by atoms with Crippen molar-refractivity contribution in [3.8, 4) is 5.75 Å². The van der Waals surface area contributed by atoms with Gasteiger partial charge < -0.3 is 10.1 Å². The predicted octanol–water partition coefficient (Wildman–Crippen LogP) is 3.63. The molecule has 2 aromatic carbocycles. The van der Waals surface area contributed by atoms with E-state index in [1.54, 1.807) is 42.5 Å². The molecule has 0 spiro atoms. The summed E-state index contributed by atoms with van der Waals surface area (Å²) in [6.07, 6.45) is 0.